The first-order chi connectivity index (χ1) is 11.5. The van der Waals surface area contributed by atoms with Crippen molar-refractivity contribution in [2.24, 2.45) is 0 Å². The first-order valence-electron chi connectivity index (χ1n) is 7.37. The summed E-state index contributed by atoms with van der Waals surface area (Å²) < 4.78 is 38.3. The first kappa shape index (κ1) is 16.1. The van der Waals surface area contributed by atoms with E-state index in [1.165, 1.54) is 6.07 Å². The molecule has 0 aliphatic carbocycles. The van der Waals surface area contributed by atoms with Gasteiger partial charge < -0.3 is 9.80 Å². The second kappa shape index (κ2) is 6.35. The third kappa shape index (κ3) is 3.25. The molecule has 0 radical (unpaired) electrons. The highest BCUT2D eigenvalue weighted by molar-refractivity contribution is 5.61. The molecule has 8 heteroatoms. The molecule has 2 heterocycles. The minimum Gasteiger partial charge on any atom is -0.367 e. The number of alkyl halides is 3. The lowest BCUT2D eigenvalue weighted by atomic mass is 10.1. The fourth-order valence-corrected chi connectivity index (χ4v) is 2.68. The zero-order valence-electron chi connectivity index (χ0n) is 12.7. The van der Waals surface area contributed by atoms with Crippen molar-refractivity contribution in [2.45, 2.75) is 6.18 Å². The summed E-state index contributed by atoms with van der Waals surface area (Å²) in [7, 11) is 0. The summed E-state index contributed by atoms with van der Waals surface area (Å²) in [6.07, 6.45) is -1.12. The number of hydrogen-bond acceptors (Lipinski definition) is 5. The Morgan fingerprint density at radius 1 is 1.00 bits per heavy atom. The number of nitriles is 1. The Labute approximate surface area is 137 Å². The molecule has 124 valence electrons. The largest absolute Gasteiger partial charge is 0.416 e. The molecule has 0 N–H and O–H groups in total. The smallest absolute Gasteiger partial charge is 0.367 e. The quantitative estimate of drug-likeness (QED) is 0.846. The van der Waals surface area contributed by atoms with Crippen molar-refractivity contribution in [1.29, 1.82) is 5.26 Å². The van der Waals surface area contributed by atoms with Crippen LogP contribution in [0.25, 0.3) is 0 Å². The summed E-state index contributed by atoms with van der Waals surface area (Å²) in [5.74, 6) is 0.630. The summed E-state index contributed by atoms with van der Waals surface area (Å²) in [6, 6.07) is 6.90. The SMILES string of the molecule is N#Cc1cc(C(F)(F)F)ccc1N1CCN(c2ncccn2)CC1. The highest BCUT2D eigenvalue weighted by Gasteiger charge is 2.31. The molecule has 1 fully saturated rings. The molecule has 5 nitrogen and oxygen atoms in total. The van der Waals surface area contributed by atoms with Gasteiger partial charge in [-0.15, -0.1) is 0 Å². The summed E-state index contributed by atoms with van der Waals surface area (Å²) in [5, 5.41) is 9.19. The molecule has 0 amide bonds. The van der Waals surface area contributed by atoms with Gasteiger partial charge in [-0.25, -0.2) is 9.97 Å². The van der Waals surface area contributed by atoms with E-state index in [9.17, 15) is 18.4 Å². The Morgan fingerprint density at radius 3 is 2.21 bits per heavy atom. The molecular weight excluding hydrogens is 319 g/mol. The average molecular weight is 333 g/mol. The van der Waals surface area contributed by atoms with Gasteiger partial charge in [-0.2, -0.15) is 18.4 Å². The first-order valence-corrected chi connectivity index (χ1v) is 7.37. The molecule has 1 saturated heterocycles. The van der Waals surface area contributed by atoms with Gasteiger partial charge in [-0.1, -0.05) is 0 Å². The van der Waals surface area contributed by atoms with E-state index in [-0.39, 0.29) is 5.56 Å². The number of hydrogen-bond donors (Lipinski definition) is 0. The molecule has 0 bridgehead atoms. The van der Waals surface area contributed by atoms with Crippen LogP contribution in [-0.2, 0) is 6.18 Å². The van der Waals surface area contributed by atoms with Crippen molar-refractivity contribution >= 4 is 11.6 Å². The van der Waals surface area contributed by atoms with Crippen molar-refractivity contribution in [3.8, 4) is 6.07 Å². The molecule has 2 aromatic rings. The maximum Gasteiger partial charge on any atom is 0.416 e. The Morgan fingerprint density at radius 2 is 1.62 bits per heavy atom. The zero-order chi connectivity index (χ0) is 17.2. The fraction of sp³-hybridized carbons (Fsp3) is 0.312. The Hall–Kier alpha value is -2.82. The van der Waals surface area contributed by atoms with E-state index in [0.717, 1.165) is 12.1 Å². The van der Waals surface area contributed by atoms with Crippen LogP contribution in [0.5, 0.6) is 0 Å². The lowest BCUT2D eigenvalue weighted by Crippen LogP contribution is -2.47. The highest BCUT2D eigenvalue weighted by Crippen LogP contribution is 2.33. The molecule has 1 aromatic carbocycles. The van der Waals surface area contributed by atoms with E-state index in [4.69, 9.17) is 0 Å². The van der Waals surface area contributed by atoms with Crippen molar-refractivity contribution in [3.63, 3.8) is 0 Å². The Balaban J connectivity index is 1.76. The van der Waals surface area contributed by atoms with Crippen molar-refractivity contribution in [3.05, 3.63) is 47.8 Å². The van der Waals surface area contributed by atoms with Crippen molar-refractivity contribution in [1.82, 2.24) is 9.97 Å². The van der Waals surface area contributed by atoms with E-state index in [1.807, 2.05) is 15.9 Å². The molecule has 0 saturated carbocycles. The second-order valence-corrected chi connectivity index (χ2v) is 5.36. The molecule has 0 spiro atoms. The second-order valence-electron chi connectivity index (χ2n) is 5.36. The number of halogens is 3. The zero-order valence-corrected chi connectivity index (χ0v) is 12.7. The molecule has 0 atom stereocenters. The van der Waals surface area contributed by atoms with E-state index >= 15 is 0 Å². The van der Waals surface area contributed by atoms with Crippen LogP contribution in [0.2, 0.25) is 0 Å². The molecule has 24 heavy (non-hydrogen) atoms. The standard InChI is InChI=1S/C16H14F3N5/c17-16(18,19)13-2-3-14(12(10-13)11-20)23-6-8-24(9-7-23)15-21-4-1-5-22-15/h1-5,10H,6-9H2. The van der Waals surface area contributed by atoms with Gasteiger partial charge in [0.05, 0.1) is 16.8 Å². The number of benzene rings is 1. The van der Waals surface area contributed by atoms with Crippen LogP contribution < -0.4 is 9.80 Å². The molecule has 0 unspecified atom stereocenters. The predicted molar refractivity (Wildman–Crippen MR) is 82.6 cm³/mol. The van der Waals surface area contributed by atoms with E-state index in [1.54, 1.807) is 18.5 Å². The van der Waals surface area contributed by atoms with Crippen LogP contribution >= 0.6 is 0 Å². The summed E-state index contributed by atoms with van der Waals surface area (Å²) in [4.78, 5) is 12.3. The van der Waals surface area contributed by atoms with Crippen LogP contribution in [-0.4, -0.2) is 36.1 Å². The van der Waals surface area contributed by atoms with Crippen LogP contribution in [0, 0.1) is 11.3 Å². The summed E-state index contributed by atoms with van der Waals surface area (Å²) in [5.41, 5.74) is -0.243. The lowest BCUT2D eigenvalue weighted by molar-refractivity contribution is -0.137. The number of aromatic nitrogens is 2. The minimum absolute atomic E-state index is 0.0363. The normalized spacial score (nSPS) is 15.2. The third-order valence-corrected chi connectivity index (χ3v) is 3.90. The molecule has 1 aliphatic rings. The van der Waals surface area contributed by atoms with Crippen LogP contribution in [0.3, 0.4) is 0 Å². The summed E-state index contributed by atoms with van der Waals surface area (Å²) in [6.45, 7) is 2.43. The van der Waals surface area contributed by atoms with Gasteiger partial charge in [0, 0.05) is 38.6 Å². The van der Waals surface area contributed by atoms with Gasteiger partial charge in [-0.3, -0.25) is 0 Å². The Kier molecular flexibility index (Phi) is 4.25. The third-order valence-electron chi connectivity index (χ3n) is 3.90. The van der Waals surface area contributed by atoms with Crippen molar-refractivity contribution < 1.29 is 13.2 Å². The highest BCUT2D eigenvalue weighted by atomic mass is 19.4. The van der Waals surface area contributed by atoms with Gasteiger partial charge in [-0.05, 0) is 24.3 Å². The lowest BCUT2D eigenvalue weighted by Gasteiger charge is -2.36. The number of anilines is 2. The minimum atomic E-state index is -4.45. The van der Waals surface area contributed by atoms with Gasteiger partial charge >= 0.3 is 6.18 Å². The van der Waals surface area contributed by atoms with Gasteiger partial charge in [0.2, 0.25) is 5.95 Å². The van der Waals surface area contributed by atoms with Gasteiger partial charge in [0.1, 0.15) is 6.07 Å². The van der Waals surface area contributed by atoms with Crippen LogP contribution in [0.4, 0.5) is 24.8 Å². The van der Waals surface area contributed by atoms with E-state index in [2.05, 4.69) is 9.97 Å². The number of nitrogens with zero attached hydrogens (tertiary/aromatic N) is 5. The Bertz CT molecular complexity index is 747. The predicted octanol–water partition coefficient (Wildman–Crippen LogP) is 2.69. The van der Waals surface area contributed by atoms with Crippen molar-refractivity contribution in [2.75, 3.05) is 36.0 Å². The van der Waals surface area contributed by atoms with Gasteiger partial charge in [0.15, 0.2) is 0 Å². The monoisotopic (exact) mass is 333 g/mol. The number of piperazine rings is 1. The number of rotatable bonds is 2. The van der Waals surface area contributed by atoms with E-state index < -0.39 is 11.7 Å². The van der Waals surface area contributed by atoms with Gasteiger partial charge in [0.25, 0.3) is 0 Å². The molecule has 1 aromatic heterocycles. The average Bonchev–Trinajstić information content (AvgIpc) is 2.61. The van der Waals surface area contributed by atoms with E-state index in [0.29, 0.717) is 37.8 Å². The molecule has 1 aliphatic heterocycles. The maximum atomic E-state index is 12.8. The maximum absolute atomic E-state index is 12.8. The topological polar surface area (TPSA) is 56.1 Å². The summed E-state index contributed by atoms with van der Waals surface area (Å²) >= 11 is 0. The van der Waals surface area contributed by atoms with Crippen LogP contribution in [0.1, 0.15) is 11.1 Å². The molecule has 3 rings (SSSR count). The fourth-order valence-electron chi connectivity index (χ4n) is 2.68. The molecular formula is C16H14F3N5. The van der Waals surface area contributed by atoms with Crippen LogP contribution in [0.15, 0.2) is 36.7 Å².